The highest BCUT2D eigenvalue weighted by Gasteiger charge is 2.42. The first-order chi connectivity index (χ1) is 16.4. The molecule has 0 radical (unpaired) electrons. The van der Waals surface area contributed by atoms with E-state index in [9.17, 15) is 39.9 Å². The Hall–Kier alpha value is -4.03. The molecule has 0 bridgehead atoms. The Kier molecular flexibility index (Phi) is 5.95. The zero-order valence-electron chi connectivity index (χ0n) is 17.4. The van der Waals surface area contributed by atoms with Gasteiger partial charge in [-0.1, -0.05) is 12.1 Å². The molecule has 0 aliphatic carbocycles. The van der Waals surface area contributed by atoms with Crippen LogP contribution in [0.4, 0.5) is 40.8 Å². The van der Waals surface area contributed by atoms with Gasteiger partial charge in [0.15, 0.2) is 28.9 Å². The average Bonchev–Trinajstić information content (AvgIpc) is 3.10. The van der Waals surface area contributed by atoms with Gasteiger partial charge in [-0.2, -0.15) is 18.3 Å². The zero-order chi connectivity index (χ0) is 25.7. The number of rotatable bonds is 4. The molecular formula is C22H12F8N4O. The Morgan fingerprint density at radius 3 is 2.11 bits per heavy atom. The lowest BCUT2D eigenvalue weighted by atomic mass is 10.0. The number of benzene rings is 2. The number of nitrogens with one attached hydrogen (secondary N) is 1. The number of hydrogen-bond donors (Lipinski definition) is 1. The SMILES string of the molecule is Cc1nn(CC(=O)Nc2c(F)c(F)c(C(F)(F)F)c(F)c2F)c2nccc(-c3ccc(F)cc3)c12. The molecule has 5 nitrogen and oxygen atoms in total. The molecule has 0 aliphatic rings. The number of aryl methyl sites for hydroxylation is 1. The topological polar surface area (TPSA) is 59.8 Å². The highest BCUT2D eigenvalue weighted by Crippen LogP contribution is 2.38. The van der Waals surface area contributed by atoms with Crippen molar-refractivity contribution in [2.45, 2.75) is 19.6 Å². The minimum Gasteiger partial charge on any atom is -0.319 e. The van der Waals surface area contributed by atoms with Crippen molar-refractivity contribution in [3.63, 3.8) is 0 Å². The molecule has 35 heavy (non-hydrogen) atoms. The van der Waals surface area contributed by atoms with E-state index in [-0.39, 0.29) is 5.65 Å². The van der Waals surface area contributed by atoms with E-state index in [1.165, 1.54) is 30.5 Å². The van der Waals surface area contributed by atoms with Gasteiger partial charge in [-0.15, -0.1) is 0 Å². The fourth-order valence-electron chi connectivity index (χ4n) is 3.57. The number of anilines is 1. The van der Waals surface area contributed by atoms with Crippen LogP contribution in [0.3, 0.4) is 0 Å². The second kappa shape index (κ2) is 8.64. The van der Waals surface area contributed by atoms with Crippen LogP contribution in [0.25, 0.3) is 22.2 Å². The van der Waals surface area contributed by atoms with Gasteiger partial charge in [0.2, 0.25) is 5.91 Å². The molecule has 0 unspecified atom stereocenters. The Morgan fingerprint density at radius 2 is 1.54 bits per heavy atom. The Labute approximate surface area is 191 Å². The first-order valence-corrected chi connectivity index (χ1v) is 9.71. The van der Waals surface area contributed by atoms with Crippen molar-refractivity contribution in [3.8, 4) is 11.1 Å². The summed E-state index contributed by atoms with van der Waals surface area (Å²) in [5.74, 6) is -11.9. The fourth-order valence-corrected chi connectivity index (χ4v) is 3.57. The van der Waals surface area contributed by atoms with Crippen LogP contribution < -0.4 is 5.32 Å². The van der Waals surface area contributed by atoms with Gasteiger partial charge in [0.05, 0.1) is 5.69 Å². The highest BCUT2D eigenvalue weighted by atomic mass is 19.4. The number of hydrogen-bond acceptors (Lipinski definition) is 3. The number of amides is 1. The van der Waals surface area contributed by atoms with E-state index in [1.807, 2.05) is 0 Å². The molecular weight excluding hydrogens is 488 g/mol. The van der Waals surface area contributed by atoms with Gasteiger partial charge >= 0.3 is 6.18 Å². The van der Waals surface area contributed by atoms with Gasteiger partial charge in [0.1, 0.15) is 23.6 Å². The van der Waals surface area contributed by atoms with Crippen LogP contribution in [0.1, 0.15) is 11.3 Å². The average molecular weight is 500 g/mol. The van der Waals surface area contributed by atoms with E-state index in [4.69, 9.17) is 0 Å². The summed E-state index contributed by atoms with van der Waals surface area (Å²) < 4.78 is 108. The maximum absolute atomic E-state index is 14.1. The van der Waals surface area contributed by atoms with Crippen LogP contribution in [-0.4, -0.2) is 20.7 Å². The molecule has 0 spiro atoms. The van der Waals surface area contributed by atoms with Crippen LogP contribution in [0, 0.1) is 36.0 Å². The molecule has 1 amide bonds. The van der Waals surface area contributed by atoms with Crippen molar-refractivity contribution < 1.29 is 39.9 Å². The third-order valence-electron chi connectivity index (χ3n) is 5.07. The Balaban J connectivity index is 1.68. The number of halogens is 8. The lowest BCUT2D eigenvalue weighted by Crippen LogP contribution is -2.23. The van der Waals surface area contributed by atoms with E-state index >= 15 is 0 Å². The van der Waals surface area contributed by atoms with Gasteiger partial charge in [0, 0.05) is 11.6 Å². The molecule has 4 aromatic rings. The molecule has 0 aliphatic heterocycles. The lowest BCUT2D eigenvalue weighted by molar-refractivity contribution is -0.143. The molecule has 0 saturated carbocycles. The van der Waals surface area contributed by atoms with Gasteiger partial charge in [-0.25, -0.2) is 31.6 Å². The van der Waals surface area contributed by atoms with Gasteiger partial charge in [-0.05, 0) is 36.2 Å². The van der Waals surface area contributed by atoms with Crippen molar-refractivity contribution >= 4 is 22.6 Å². The van der Waals surface area contributed by atoms with Crippen molar-refractivity contribution in [2.24, 2.45) is 0 Å². The number of aromatic nitrogens is 3. The second-order valence-electron chi connectivity index (χ2n) is 7.36. The molecule has 2 aromatic carbocycles. The van der Waals surface area contributed by atoms with E-state index in [2.05, 4.69) is 10.1 Å². The number of alkyl halides is 3. The predicted molar refractivity (Wildman–Crippen MR) is 108 cm³/mol. The largest absolute Gasteiger partial charge is 0.422 e. The summed E-state index contributed by atoms with van der Waals surface area (Å²) >= 11 is 0. The summed E-state index contributed by atoms with van der Waals surface area (Å²) in [4.78, 5) is 16.5. The number of carbonyl (C=O) groups excluding carboxylic acids is 1. The Bertz CT molecular complexity index is 1430. The molecule has 0 fully saturated rings. The third kappa shape index (κ3) is 4.29. The Morgan fingerprint density at radius 1 is 0.943 bits per heavy atom. The molecule has 0 saturated heterocycles. The standard InChI is InChI=1S/C22H12F8N4O/c1-9-14-12(10-2-4-11(23)5-3-10)6-7-31-21(14)34(33-9)8-13(35)32-20-18(26)16(24)15(22(28,29)30)17(25)19(20)27/h2-7H,8H2,1H3,(H,32,35). The predicted octanol–water partition coefficient (Wildman–Crippen LogP) is 5.76. The molecule has 1 N–H and O–H groups in total. The van der Waals surface area contributed by atoms with Crippen LogP contribution >= 0.6 is 0 Å². The smallest absolute Gasteiger partial charge is 0.319 e. The molecule has 0 atom stereocenters. The van der Waals surface area contributed by atoms with Crippen molar-refractivity contribution in [2.75, 3.05) is 5.32 Å². The number of fused-ring (bicyclic) bond motifs is 1. The van der Waals surface area contributed by atoms with Crippen LogP contribution in [0.2, 0.25) is 0 Å². The maximum Gasteiger partial charge on any atom is 0.422 e. The van der Waals surface area contributed by atoms with E-state index < -0.39 is 59.0 Å². The molecule has 13 heteroatoms. The monoisotopic (exact) mass is 500 g/mol. The first kappa shape index (κ1) is 24.1. The summed E-state index contributed by atoms with van der Waals surface area (Å²) in [5.41, 5.74) is -2.76. The highest BCUT2D eigenvalue weighted by molar-refractivity contribution is 5.96. The normalized spacial score (nSPS) is 11.8. The third-order valence-corrected chi connectivity index (χ3v) is 5.07. The van der Waals surface area contributed by atoms with Gasteiger partial charge < -0.3 is 5.32 Å². The van der Waals surface area contributed by atoms with Crippen molar-refractivity contribution in [1.29, 1.82) is 0 Å². The number of carbonyl (C=O) groups is 1. The number of nitrogens with zero attached hydrogens (tertiary/aromatic N) is 3. The fraction of sp³-hybridized carbons (Fsp3) is 0.136. The summed E-state index contributed by atoms with van der Waals surface area (Å²) in [5, 5.41) is 6.15. The van der Waals surface area contributed by atoms with Crippen LogP contribution in [-0.2, 0) is 17.5 Å². The summed E-state index contributed by atoms with van der Waals surface area (Å²) in [6.45, 7) is 0.818. The summed E-state index contributed by atoms with van der Waals surface area (Å²) in [6, 6.07) is 7.10. The molecule has 2 heterocycles. The zero-order valence-corrected chi connectivity index (χ0v) is 17.4. The van der Waals surface area contributed by atoms with Crippen LogP contribution in [0.15, 0.2) is 36.5 Å². The summed E-state index contributed by atoms with van der Waals surface area (Å²) in [6.07, 6.45) is -4.34. The minimum absolute atomic E-state index is 0.144. The van der Waals surface area contributed by atoms with Crippen molar-refractivity contribution in [3.05, 3.63) is 76.9 Å². The minimum atomic E-state index is -5.71. The molecule has 2 aromatic heterocycles. The van der Waals surface area contributed by atoms with Crippen molar-refractivity contribution in [1.82, 2.24) is 14.8 Å². The first-order valence-electron chi connectivity index (χ1n) is 9.71. The quantitative estimate of drug-likeness (QED) is 0.286. The second-order valence-corrected chi connectivity index (χ2v) is 7.36. The van der Waals surface area contributed by atoms with Gasteiger partial charge in [-0.3, -0.25) is 4.79 Å². The molecule has 182 valence electrons. The lowest BCUT2D eigenvalue weighted by Gasteiger charge is -2.14. The maximum atomic E-state index is 14.1. The summed E-state index contributed by atoms with van der Waals surface area (Å²) in [7, 11) is 0. The van der Waals surface area contributed by atoms with Gasteiger partial charge in [0.25, 0.3) is 0 Å². The van der Waals surface area contributed by atoms with E-state index in [0.29, 0.717) is 22.2 Å². The van der Waals surface area contributed by atoms with E-state index in [0.717, 1.165) is 4.68 Å². The molecule has 4 rings (SSSR count). The van der Waals surface area contributed by atoms with Crippen LogP contribution in [0.5, 0.6) is 0 Å². The van der Waals surface area contributed by atoms with E-state index in [1.54, 1.807) is 18.3 Å². The number of pyridine rings is 1.